The van der Waals surface area contributed by atoms with Crippen molar-refractivity contribution < 1.29 is 9.59 Å². The van der Waals surface area contributed by atoms with Crippen molar-refractivity contribution in [2.75, 3.05) is 0 Å². The third-order valence-corrected chi connectivity index (χ3v) is 5.12. The third-order valence-electron chi connectivity index (χ3n) is 4.27. The van der Waals surface area contributed by atoms with Crippen LogP contribution in [0.4, 0.5) is 0 Å². The van der Waals surface area contributed by atoms with Crippen LogP contribution in [0.1, 0.15) is 45.7 Å². The predicted molar refractivity (Wildman–Crippen MR) is 93.9 cm³/mol. The first-order valence-corrected chi connectivity index (χ1v) is 8.18. The second-order valence-corrected chi connectivity index (χ2v) is 7.13. The standard InChI is InChI=1S/C18H16INO2/c1-18(2,14-6-4-3-5-7-14)20-10-13-8-12(11-21)9-15(19)16(13)17(20)22/h3-9,11H,10H2,1-2H3. The normalized spacial score (nSPS) is 14.1. The summed E-state index contributed by atoms with van der Waals surface area (Å²) >= 11 is 2.14. The first-order valence-electron chi connectivity index (χ1n) is 7.10. The van der Waals surface area contributed by atoms with Gasteiger partial charge in [-0.15, -0.1) is 0 Å². The number of halogens is 1. The van der Waals surface area contributed by atoms with E-state index in [2.05, 4.69) is 36.4 Å². The predicted octanol–water partition coefficient (Wildman–Crippen LogP) is 3.99. The second-order valence-electron chi connectivity index (χ2n) is 5.97. The fourth-order valence-corrected chi connectivity index (χ4v) is 3.89. The number of benzene rings is 2. The molecule has 0 fully saturated rings. The Morgan fingerprint density at radius 3 is 2.50 bits per heavy atom. The zero-order valence-electron chi connectivity index (χ0n) is 12.5. The third kappa shape index (κ3) is 2.35. The van der Waals surface area contributed by atoms with E-state index in [1.807, 2.05) is 41.3 Å². The quantitative estimate of drug-likeness (QED) is 0.572. The van der Waals surface area contributed by atoms with E-state index in [1.54, 1.807) is 6.07 Å². The molecule has 1 amide bonds. The summed E-state index contributed by atoms with van der Waals surface area (Å²) in [7, 11) is 0. The number of carbonyl (C=O) groups excluding carboxylic acids is 2. The first-order chi connectivity index (χ1) is 10.4. The summed E-state index contributed by atoms with van der Waals surface area (Å²) < 4.78 is 0.841. The Bertz CT molecular complexity index is 753. The molecule has 112 valence electrons. The SMILES string of the molecule is CC(C)(c1ccccc1)N1Cc2cc(C=O)cc(I)c2C1=O. The Labute approximate surface area is 143 Å². The molecule has 0 atom stereocenters. The van der Waals surface area contributed by atoms with Crippen molar-refractivity contribution in [2.45, 2.75) is 25.9 Å². The van der Waals surface area contributed by atoms with Gasteiger partial charge in [-0.2, -0.15) is 0 Å². The fraction of sp³-hybridized carbons (Fsp3) is 0.222. The first kappa shape index (κ1) is 15.2. The van der Waals surface area contributed by atoms with Crippen molar-refractivity contribution in [1.29, 1.82) is 0 Å². The van der Waals surface area contributed by atoms with Crippen LogP contribution in [0.15, 0.2) is 42.5 Å². The van der Waals surface area contributed by atoms with Gasteiger partial charge < -0.3 is 4.90 Å². The van der Waals surface area contributed by atoms with Crippen LogP contribution in [0, 0.1) is 3.57 Å². The van der Waals surface area contributed by atoms with Gasteiger partial charge in [0.25, 0.3) is 5.91 Å². The Kier molecular flexibility index (Phi) is 3.80. The maximum absolute atomic E-state index is 12.9. The highest BCUT2D eigenvalue weighted by molar-refractivity contribution is 14.1. The molecule has 3 rings (SSSR count). The molecule has 0 bridgehead atoms. The molecular formula is C18H16INO2. The van der Waals surface area contributed by atoms with E-state index < -0.39 is 5.54 Å². The fourth-order valence-electron chi connectivity index (χ4n) is 2.95. The van der Waals surface area contributed by atoms with Crippen molar-refractivity contribution in [3.8, 4) is 0 Å². The van der Waals surface area contributed by atoms with Crippen LogP contribution in [-0.2, 0) is 12.1 Å². The molecule has 1 aliphatic heterocycles. The van der Waals surface area contributed by atoms with Crippen LogP contribution < -0.4 is 0 Å². The summed E-state index contributed by atoms with van der Waals surface area (Å²) in [5, 5.41) is 0. The highest BCUT2D eigenvalue weighted by Gasteiger charge is 2.39. The van der Waals surface area contributed by atoms with E-state index >= 15 is 0 Å². The minimum atomic E-state index is -0.401. The van der Waals surface area contributed by atoms with Gasteiger partial charge in [0.2, 0.25) is 0 Å². The van der Waals surface area contributed by atoms with Crippen molar-refractivity contribution in [1.82, 2.24) is 4.90 Å². The number of nitrogens with zero attached hydrogens (tertiary/aromatic N) is 1. The molecule has 0 unspecified atom stereocenters. The summed E-state index contributed by atoms with van der Waals surface area (Å²) in [4.78, 5) is 25.8. The van der Waals surface area contributed by atoms with Crippen LogP contribution >= 0.6 is 22.6 Å². The molecule has 2 aromatic carbocycles. The van der Waals surface area contributed by atoms with Crippen LogP contribution in [0.5, 0.6) is 0 Å². The minimum absolute atomic E-state index is 0.0331. The lowest BCUT2D eigenvalue weighted by molar-refractivity contribution is 0.0567. The Morgan fingerprint density at radius 2 is 1.86 bits per heavy atom. The number of hydrogen-bond acceptors (Lipinski definition) is 2. The van der Waals surface area contributed by atoms with E-state index in [4.69, 9.17) is 0 Å². The molecular weight excluding hydrogens is 389 g/mol. The number of rotatable bonds is 3. The Morgan fingerprint density at radius 1 is 1.18 bits per heavy atom. The molecule has 2 aromatic rings. The van der Waals surface area contributed by atoms with Crippen molar-refractivity contribution >= 4 is 34.8 Å². The molecule has 0 spiro atoms. The van der Waals surface area contributed by atoms with Gasteiger partial charge in [0.1, 0.15) is 6.29 Å². The number of amides is 1. The summed E-state index contributed by atoms with van der Waals surface area (Å²) in [5.41, 5.74) is 2.98. The molecule has 0 saturated carbocycles. The van der Waals surface area contributed by atoms with E-state index in [-0.39, 0.29) is 5.91 Å². The highest BCUT2D eigenvalue weighted by Crippen LogP contribution is 2.37. The molecule has 0 saturated heterocycles. The molecule has 0 aliphatic carbocycles. The van der Waals surface area contributed by atoms with E-state index in [9.17, 15) is 9.59 Å². The van der Waals surface area contributed by atoms with Gasteiger partial charge >= 0.3 is 0 Å². The van der Waals surface area contributed by atoms with Crippen LogP contribution in [0.3, 0.4) is 0 Å². The summed E-state index contributed by atoms with van der Waals surface area (Å²) in [6, 6.07) is 13.6. The van der Waals surface area contributed by atoms with Gasteiger partial charge in [-0.3, -0.25) is 9.59 Å². The molecule has 0 radical (unpaired) electrons. The topological polar surface area (TPSA) is 37.4 Å². The number of hydrogen-bond donors (Lipinski definition) is 0. The van der Waals surface area contributed by atoms with Gasteiger partial charge in [-0.25, -0.2) is 0 Å². The van der Waals surface area contributed by atoms with Gasteiger partial charge in [0, 0.05) is 15.7 Å². The lowest BCUT2D eigenvalue weighted by Crippen LogP contribution is -2.41. The lowest BCUT2D eigenvalue weighted by atomic mass is 9.92. The minimum Gasteiger partial charge on any atom is -0.325 e. The molecule has 1 aliphatic rings. The molecule has 22 heavy (non-hydrogen) atoms. The average Bonchev–Trinajstić information content (AvgIpc) is 2.86. The zero-order valence-corrected chi connectivity index (χ0v) is 14.6. The number of carbonyl (C=O) groups is 2. The Balaban J connectivity index is 2.04. The van der Waals surface area contributed by atoms with E-state index in [0.29, 0.717) is 12.1 Å². The number of aldehydes is 1. The van der Waals surface area contributed by atoms with Crippen molar-refractivity contribution in [3.63, 3.8) is 0 Å². The maximum atomic E-state index is 12.9. The molecule has 3 nitrogen and oxygen atoms in total. The van der Waals surface area contributed by atoms with Crippen molar-refractivity contribution in [3.05, 3.63) is 68.3 Å². The molecule has 1 heterocycles. The Hall–Kier alpha value is -1.69. The maximum Gasteiger partial charge on any atom is 0.256 e. The summed E-state index contributed by atoms with van der Waals surface area (Å²) in [6.07, 6.45) is 0.831. The van der Waals surface area contributed by atoms with Gasteiger partial charge in [-0.1, -0.05) is 30.3 Å². The monoisotopic (exact) mass is 405 g/mol. The average molecular weight is 405 g/mol. The molecule has 0 N–H and O–H groups in total. The van der Waals surface area contributed by atoms with E-state index in [1.165, 1.54) is 0 Å². The van der Waals surface area contributed by atoms with Crippen LogP contribution in [0.2, 0.25) is 0 Å². The molecule has 4 heteroatoms. The van der Waals surface area contributed by atoms with Gasteiger partial charge in [0.15, 0.2) is 0 Å². The highest BCUT2D eigenvalue weighted by atomic mass is 127. The summed E-state index contributed by atoms with van der Waals surface area (Å²) in [6.45, 7) is 4.65. The van der Waals surface area contributed by atoms with Gasteiger partial charge in [-0.05, 0) is 59.7 Å². The van der Waals surface area contributed by atoms with E-state index in [0.717, 1.165) is 26.5 Å². The zero-order chi connectivity index (χ0) is 15.9. The summed E-state index contributed by atoms with van der Waals surface area (Å²) in [5.74, 6) is 0.0331. The van der Waals surface area contributed by atoms with Gasteiger partial charge in [0.05, 0.1) is 11.1 Å². The number of fused-ring (bicyclic) bond motifs is 1. The van der Waals surface area contributed by atoms with Crippen LogP contribution in [-0.4, -0.2) is 17.1 Å². The lowest BCUT2D eigenvalue weighted by Gasteiger charge is -2.36. The molecule has 0 aromatic heterocycles. The second kappa shape index (κ2) is 5.50. The largest absolute Gasteiger partial charge is 0.325 e. The smallest absolute Gasteiger partial charge is 0.256 e. The van der Waals surface area contributed by atoms with Crippen LogP contribution in [0.25, 0.3) is 0 Å². The van der Waals surface area contributed by atoms with Crippen molar-refractivity contribution in [2.24, 2.45) is 0 Å².